The van der Waals surface area contributed by atoms with Gasteiger partial charge < -0.3 is 9.80 Å². The van der Waals surface area contributed by atoms with Crippen molar-refractivity contribution in [2.24, 2.45) is 5.92 Å². The van der Waals surface area contributed by atoms with Crippen LogP contribution in [0.1, 0.15) is 17.9 Å². The summed E-state index contributed by atoms with van der Waals surface area (Å²) in [5.74, 6) is 0.465. The molecule has 0 spiro atoms. The highest BCUT2D eigenvalue weighted by Gasteiger charge is 2.46. The Balaban J connectivity index is 1.38. The molecule has 0 bridgehead atoms. The average molecular weight is 386 g/mol. The number of benzene rings is 2. The van der Waals surface area contributed by atoms with Crippen molar-refractivity contribution in [1.82, 2.24) is 4.90 Å². The minimum Gasteiger partial charge on any atom is -0.362 e. The first-order chi connectivity index (χ1) is 13.0. The maximum Gasteiger partial charge on any atom is 0.292 e. The minimum atomic E-state index is -0.355. The normalized spacial score (nSPS) is 21.8. The molecule has 6 nitrogen and oxygen atoms in total. The Labute approximate surface area is 162 Å². The molecule has 2 atom stereocenters. The van der Waals surface area contributed by atoms with Gasteiger partial charge in [-0.2, -0.15) is 0 Å². The highest BCUT2D eigenvalue weighted by Crippen LogP contribution is 2.49. The zero-order chi connectivity index (χ0) is 19.0. The van der Waals surface area contributed by atoms with Gasteiger partial charge in [0, 0.05) is 43.2 Å². The Morgan fingerprint density at radius 2 is 1.81 bits per heavy atom. The summed E-state index contributed by atoms with van der Waals surface area (Å²) in [6, 6.07) is 14.5. The van der Waals surface area contributed by atoms with E-state index in [2.05, 4.69) is 0 Å². The molecule has 27 heavy (non-hydrogen) atoms. The number of halogens is 1. The quantitative estimate of drug-likeness (QED) is 0.594. The number of rotatable bonds is 4. The largest absolute Gasteiger partial charge is 0.362 e. The Morgan fingerprint density at radius 1 is 1.07 bits per heavy atom. The molecule has 1 aliphatic heterocycles. The number of anilines is 1. The van der Waals surface area contributed by atoms with E-state index in [0.29, 0.717) is 36.9 Å². The van der Waals surface area contributed by atoms with E-state index in [4.69, 9.17) is 11.6 Å². The number of hydrogen-bond donors (Lipinski definition) is 0. The third-order valence-electron chi connectivity index (χ3n) is 5.39. The van der Waals surface area contributed by atoms with Gasteiger partial charge in [0.25, 0.3) is 5.69 Å². The lowest BCUT2D eigenvalue weighted by Crippen LogP contribution is -2.49. The van der Waals surface area contributed by atoms with Crippen LogP contribution in [0.3, 0.4) is 0 Å². The van der Waals surface area contributed by atoms with E-state index in [1.165, 1.54) is 6.07 Å². The van der Waals surface area contributed by atoms with Crippen LogP contribution in [0.2, 0.25) is 5.02 Å². The molecule has 4 rings (SSSR count). The van der Waals surface area contributed by atoms with E-state index >= 15 is 0 Å². The molecule has 0 radical (unpaired) electrons. The zero-order valence-corrected chi connectivity index (χ0v) is 15.5. The molecule has 1 heterocycles. The first-order valence-electron chi connectivity index (χ1n) is 9.07. The van der Waals surface area contributed by atoms with E-state index in [1.807, 2.05) is 34.1 Å². The van der Waals surface area contributed by atoms with Crippen molar-refractivity contribution in [2.45, 2.75) is 12.3 Å². The van der Waals surface area contributed by atoms with Crippen molar-refractivity contribution in [3.8, 4) is 0 Å². The second-order valence-corrected chi connectivity index (χ2v) is 7.50. The van der Waals surface area contributed by atoms with Crippen LogP contribution in [-0.2, 0) is 4.79 Å². The first-order valence-corrected chi connectivity index (χ1v) is 9.45. The molecule has 2 aliphatic rings. The molecular formula is C20H20ClN3O3. The molecule has 2 unspecified atom stereocenters. The van der Waals surface area contributed by atoms with Crippen LogP contribution < -0.4 is 4.90 Å². The number of carbonyl (C=O) groups is 1. The highest BCUT2D eigenvalue weighted by atomic mass is 35.5. The van der Waals surface area contributed by atoms with Crippen molar-refractivity contribution < 1.29 is 9.72 Å². The number of hydrogen-bond acceptors (Lipinski definition) is 4. The number of nitro groups is 1. The van der Waals surface area contributed by atoms with Gasteiger partial charge in [0.15, 0.2) is 0 Å². The van der Waals surface area contributed by atoms with Gasteiger partial charge in [-0.15, -0.1) is 0 Å². The van der Waals surface area contributed by atoms with Crippen LogP contribution >= 0.6 is 11.6 Å². The fraction of sp³-hybridized carbons (Fsp3) is 0.350. The summed E-state index contributed by atoms with van der Waals surface area (Å²) in [6.07, 6.45) is 0.865. The van der Waals surface area contributed by atoms with Crippen LogP contribution in [0, 0.1) is 16.0 Å². The van der Waals surface area contributed by atoms with Crippen molar-refractivity contribution in [3.05, 3.63) is 69.2 Å². The molecule has 7 heteroatoms. The maximum absolute atomic E-state index is 12.8. The van der Waals surface area contributed by atoms with Gasteiger partial charge in [-0.3, -0.25) is 14.9 Å². The topological polar surface area (TPSA) is 66.7 Å². The Morgan fingerprint density at radius 3 is 2.52 bits per heavy atom. The molecule has 1 saturated heterocycles. The third-order valence-corrected chi connectivity index (χ3v) is 5.63. The molecule has 0 aromatic heterocycles. The number of para-hydroxylation sites is 2. The summed E-state index contributed by atoms with van der Waals surface area (Å²) in [4.78, 5) is 27.6. The summed E-state index contributed by atoms with van der Waals surface area (Å²) in [7, 11) is 0. The minimum absolute atomic E-state index is 0.0288. The predicted molar refractivity (Wildman–Crippen MR) is 104 cm³/mol. The Kier molecular flexibility index (Phi) is 4.74. The molecule has 2 aromatic carbocycles. The van der Waals surface area contributed by atoms with Gasteiger partial charge in [-0.25, -0.2) is 0 Å². The van der Waals surface area contributed by atoms with Gasteiger partial charge in [-0.1, -0.05) is 35.9 Å². The van der Waals surface area contributed by atoms with Crippen molar-refractivity contribution in [2.75, 3.05) is 31.1 Å². The second kappa shape index (κ2) is 7.19. The number of piperazine rings is 1. The molecule has 2 aromatic rings. The molecule has 1 saturated carbocycles. The fourth-order valence-electron chi connectivity index (χ4n) is 3.86. The van der Waals surface area contributed by atoms with Crippen LogP contribution in [0.25, 0.3) is 0 Å². The third kappa shape index (κ3) is 3.62. The van der Waals surface area contributed by atoms with Crippen molar-refractivity contribution in [1.29, 1.82) is 0 Å². The number of nitro benzene ring substituents is 1. The molecule has 140 valence electrons. The lowest BCUT2D eigenvalue weighted by molar-refractivity contribution is -0.384. The molecule has 1 aliphatic carbocycles. The van der Waals surface area contributed by atoms with Crippen LogP contribution in [0.15, 0.2) is 48.5 Å². The monoisotopic (exact) mass is 385 g/mol. The van der Waals surface area contributed by atoms with Gasteiger partial charge in [-0.05, 0) is 36.1 Å². The van der Waals surface area contributed by atoms with Crippen LogP contribution in [-0.4, -0.2) is 41.9 Å². The molecular weight excluding hydrogens is 366 g/mol. The molecule has 0 N–H and O–H groups in total. The van der Waals surface area contributed by atoms with E-state index < -0.39 is 0 Å². The lowest BCUT2D eigenvalue weighted by Gasteiger charge is -2.36. The number of amides is 1. The fourth-order valence-corrected chi connectivity index (χ4v) is 4.06. The second-order valence-electron chi connectivity index (χ2n) is 7.06. The summed E-state index contributed by atoms with van der Waals surface area (Å²) in [5, 5.41) is 11.9. The summed E-state index contributed by atoms with van der Waals surface area (Å²) in [6.45, 7) is 2.38. The van der Waals surface area contributed by atoms with E-state index in [1.54, 1.807) is 18.2 Å². The molecule has 2 fully saturated rings. The van der Waals surface area contributed by atoms with Gasteiger partial charge in [0.1, 0.15) is 5.69 Å². The zero-order valence-electron chi connectivity index (χ0n) is 14.8. The van der Waals surface area contributed by atoms with Crippen molar-refractivity contribution >= 4 is 28.9 Å². The lowest BCUT2D eigenvalue weighted by atomic mass is 10.1. The SMILES string of the molecule is O=C(C1CC1c1cccc(Cl)c1)N1CCN(c2ccccc2[N+](=O)[O-])CC1. The van der Waals surface area contributed by atoms with E-state index in [0.717, 1.165) is 12.0 Å². The first kappa shape index (κ1) is 17.8. The Bertz CT molecular complexity index is 880. The summed E-state index contributed by atoms with van der Waals surface area (Å²) in [5.41, 5.74) is 1.86. The smallest absolute Gasteiger partial charge is 0.292 e. The van der Waals surface area contributed by atoms with Gasteiger partial charge in [0.05, 0.1) is 4.92 Å². The van der Waals surface area contributed by atoms with Crippen molar-refractivity contribution in [3.63, 3.8) is 0 Å². The average Bonchev–Trinajstić information content (AvgIpc) is 3.48. The van der Waals surface area contributed by atoms with Gasteiger partial charge in [0.2, 0.25) is 5.91 Å². The predicted octanol–water partition coefficient (Wildman–Crippen LogP) is 3.70. The van der Waals surface area contributed by atoms with Crippen LogP contribution in [0.5, 0.6) is 0 Å². The number of nitrogens with zero attached hydrogens (tertiary/aromatic N) is 3. The summed E-state index contributed by atoms with van der Waals surface area (Å²) < 4.78 is 0. The molecule has 1 amide bonds. The number of carbonyl (C=O) groups excluding carboxylic acids is 1. The van der Waals surface area contributed by atoms with E-state index in [-0.39, 0.29) is 28.4 Å². The standard InChI is InChI=1S/C20H20ClN3O3/c21-15-5-3-4-14(12-15)16-13-17(16)20(25)23-10-8-22(9-11-23)18-6-1-2-7-19(18)24(26)27/h1-7,12,16-17H,8-11,13H2. The van der Waals surface area contributed by atoms with Gasteiger partial charge >= 0.3 is 0 Å². The maximum atomic E-state index is 12.8. The van der Waals surface area contributed by atoms with Crippen LogP contribution in [0.4, 0.5) is 11.4 Å². The summed E-state index contributed by atoms with van der Waals surface area (Å²) >= 11 is 6.05. The van der Waals surface area contributed by atoms with E-state index in [9.17, 15) is 14.9 Å². The highest BCUT2D eigenvalue weighted by molar-refractivity contribution is 6.30. The Hall–Kier alpha value is -2.60.